The fourth-order valence-corrected chi connectivity index (χ4v) is 3.39. The van der Waals surface area contributed by atoms with E-state index in [1.807, 2.05) is 19.9 Å². The van der Waals surface area contributed by atoms with Gasteiger partial charge < -0.3 is 9.64 Å². The Labute approximate surface area is 137 Å². The van der Waals surface area contributed by atoms with E-state index >= 15 is 0 Å². The van der Waals surface area contributed by atoms with Gasteiger partial charge in [-0.2, -0.15) is 0 Å². The number of nitrogens with zero attached hydrogens (tertiary/aromatic N) is 4. The summed E-state index contributed by atoms with van der Waals surface area (Å²) in [6.45, 7) is 11.0. The summed E-state index contributed by atoms with van der Waals surface area (Å²) in [6.07, 6.45) is 1.83. The molecule has 126 valence electrons. The number of hydrogen-bond donors (Lipinski definition) is 0. The third kappa shape index (κ3) is 3.32. The number of hydrogen-bond acceptors (Lipinski definition) is 5. The van der Waals surface area contributed by atoms with Crippen LogP contribution in [0.25, 0.3) is 0 Å². The number of piperidine rings is 1. The standard InChI is InChI=1S/C17H26N4O2/c1-11(2)20-7-5-14(6-8-20)16-18-12(3)9-15(19-16)21-13(4)10-23-17(21)22/h9,11,13-14H,5-8,10H2,1-4H3/t13-/m0/s1. The van der Waals surface area contributed by atoms with Crippen molar-refractivity contribution < 1.29 is 9.53 Å². The van der Waals surface area contributed by atoms with Gasteiger partial charge in [0.25, 0.3) is 0 Å². The van der Waals surface area contributed by atoms with Crippen molar-refractivity contribution >= 4 is 11.9 Å². The van der Waals surface area contributed by atoms with E-state index in [2.05, 4.69) is 23.7 Å². The molecular formula is C17H26N4O2. The maximum Gasteiger partial charge on any atom is 0.415 e. The molecular weight excluding hydrogens is 292 g/mol. The summed E-state index contributed by atoms with van der Waals surface area (Å²) < 4.78 is 5.12. The number of likely N-dealkylation sites (tertiary alicyclic amines) is 1. The van der Waals surface area contributed by atoms with Crippen LogP contribution in [0.15, 0.2) is 6.07 Å². The SMILES string of the molecule is Cc1cc(N2C(=O)OC[C@@H]2C)nc(C2CCN(C(C)C)CC2)n1. The van der Waals surface area contributed by atoms with Crippen LogP contribution >= 0.6 is 0 Å². The second-order valence-corrected chi connectivity index (χ2v) is 6.93. The average Bonchev–Trinajstić information content (AvgIpc) is 2.85. The quantitative estimate of drug-likeness (QED) is 0.857. The number of carbonyl (C=O) groups excluding carboxylic acids is 1. The molecule has 3 heterocycles. The Hall–Kier alpha value is -1.69. The van der Waals surface area contributed by atoms with Gasteiger partial charge >= 0.3 is 6.09 Å². The lowest BCUT2D eigenvalue weighted by Crippen LogP contribution is -2.38. The average molecular weight is 318 g/mol. The maximum absolute atomic E-state index is 11.9. The molecule has 0 spiro atoms. The first-order chi connectivity index (χ1) is 11.0. The molecule has 23 heavy (non-hydrogen) atoms. The predicted octanol–water partition coefficient (Wildman–Crippen LogP) is 2.72. The molecule has 0 aliphatic carbocycles. The highest BCUT2D eigenvalue weighted by Crippen LogP contribution is 2.29. The largest absolute Gasteiger partial charge is 0.447 e. The fraction of sp³-hybridized carbons (Fsp3) is 0.706. The van der Waals surface area contributed by atoms with Crippen LogP contribution in [-0.4, -0.2) is 52.7 Å². The number of rotatable bonds is 3. The lowest BCUT2D eigenvalue weighted by Gasteiger charge is -2.34. The summed E-state index contributed by atoms with van der Waals surface area (Å²) in [7, 11) is 0. The minimum absolute atomic E-state index is 0.0208. The van der Waals surface area contributed by atoms with E-state index < -0.39 is 0 Å². The van der Waals surface area contributed by atoms with Crippen LogP contribution in [0.2, 0.25) is 0 Å². The van der Waals surface area contributed by atoms with Gasteiger partial charge in [-0.3, -0.25) is 4.90 Å². The molecule has 0 N–H and O–H groups in total. The van der Waals surface area contributed by atoms with Gasteiger partial charge in [0, 0.05) is 23.7 Å². The molecule has 3 rings (SSSR count). The zero-order valence-corrected chi connectivity index (χ0v) is 14.5. The highest BCUT2D eigenvalue weighted by atomic mass is 16.6. The smallest absolute Gasteiger partial charge is 0.415 e. The molecule has 1 atom stereocenters. The van der Waals surface area contributed by atoms with Gasteiger partial charge in [0.2, 0.25) is 0 Å². The van der Waals surface area contributed by atoms with Gasteiger partial charge in [-0.25, -0.2) is 14.8 Å². The van der Waals surface area contributed by atoms with Crippen LogP contribution in [0, 0.1) is 6.92 Å². The summed E-state index contributed by atoms with van der Waals surface area (Å²) in [4.78, 5) is 25.4. The van der Waals surface area contributed by atoms with Gasteiger partial charge in [-0.1, -0.05) is 0 Å². The minimum Gasteiger partial charge on any atom is -0.447 e. The Bertz CT molecular complexity index is 582. The van der Waals surface area contributed by atoms with Crippen molar-refractivity contribution in [2.45, 2.75) is 58.5 Å². The third-order valence-electron chi connectivity index (χ3n) is 4.82. The van der Waals surface area contributed by atoms with Gasteiger partial charge in [0.05, 0.1) is 6.04 Å². The maximum atomic E-state index is 11.9. The fourth-order valence-electron chi connectivity index (χ4n) is 3.39. The number of carbonyl (C=O) groups is 1. The first kappa shape index (κ1) is 16.2. The monoisotopic (exact) mass is 318 g/mol. The number of aromatic nitrogens is 2. The Morgan fingerprint density at radius 1 is 1.26 bits per heavy atom. The molecule has 0 radical (unpaired) electrons. The van der Waals surface area contributed by atoms with E-state index in [1.54, 1.807) is 4.90 Å². The van der Waals surface area contributed by atoms with E-state index in [9.17, 15) is 4.79 Å². The van der Waals surface area contributed by atoms with Crippen molar-refractivity contribution in [3.8, 4) is 0 Å². The van der Waals surface area contributed by atoms with E-state index in [-0.39, 0.29) is 12.1 Å². The van der Waals surface area contributed by atoms with Crippen molar-refractivity contribution in [1.29, 1.82) is 0 Å². The van der Waals surface area contributed by atoms with Gasteiger partial charge in [0.15, 0.2) is 0 Å². The topological polar surface area (TPSA) is 58.6 Å². The Morgan fingerprint density at radius 3 is 2.52 bits per heavy atom. The first-order valence-electron chi connectivity index (χ1n) is 8.51. The van der Waals surface area contributed by atoms with E-state index in [1.165, 1.54) is 0 Å². The lowest BCUT2D eigenvalue weighted by molar-refractivity contribution is 0.169. The molecule has 0 aromatic carbocycles. The van der Waals surface area contributed by atoms with Crippen molar-refractivity contribution in [1.82, 2.24) is 14.9 Å². The molecule has 1 aromatic heterocycles. The van der Waals surface area contributed by atoms with Crippen LogP contribution in [0.5, 0.6) is 0 Å². The Kier molecular flexibility index (Phi) is 4.53. The summed E-state index contributed by atoms with van der Waals surface area (Å²) in [5.41, 5.74) is 0.906. The second kappa shape index (κ2) is 6.43. The number of ether oxygens (including phenoxy) is 1. The van der Waals surface area contributed by atoms with Gasteiger partial charge in [0.1, 0.15) is 18.2 Å². The van der Waals surface area contributed by atoms with Crippen molar-refractivity contribution in [3.05, 3.63) is 17.6 Å². The molecule has 2 fully saturated rings. The second-order valence-electron chi connectivity index (χ2n) is 6.93. The number of amides is 1. The Morgan fingerprint density at radius 2 is 1.96 bits per heavy atom. The summed E-state index contributed by atoms with van der Waals surface area (Å²) in [6, 6.07) is 2.48. The first-order valence-corrected chi connectivity index (χ1v) is 8.51. The zero-order chi connectivity index (χ0) is 16.6. The summed E-state index contributed by atoms with van der Waals surface area (Å²) in [5, 5.41) is 0. The van der Waals surface area contributed by atoms with Crippen LogP contribution in [0.4, 0.5) is 10.6 Å². The molecule has 0 bridgehead atoms. The molecule has 6 heteroatoms. The zero-order valence-electron chi connectivity index (χ0n) is 14.5. The number of cyclic esters (lactones) is 1. The molecule has 1 aromatic rings. The van der Waals surface area contributed by atoms with Crippen LogP contribution in [0.1, 0.15) is 51.0 Å². The van der Waals surface area contributed by atoms with Crippen molar-refractivity contribution in [2.24, 2.45) is 0 Å². The predicted molar refractivity (Wildman–Crippen MR) is 88.7 cm³/mol. The van der Waals surface area contributed by atoms with Crippen LogP contribution in [0.3, 0.4) is 0 Å². The minimum atomic E-state index is -0.309. The van der Waals surface area contributed by atoms with Crippen LogP contribution in [-0.2, 0) is 4.74 Å². The normalized spacial score (nSPS) is 23.6. The van der Waals surface area contributed by atoms with Gasteiger partial charge in [-0.05, 0) is 53.6 Å². The van der Waals surface area contributed by atoms with Gasteiger partial charge in [-0.15, -0.1) is 0 Å². The number of aryl methyl sites for hydroxylation is 1. The van der Waals surface area contributed by atoms with E-state index in [0.717, 1.165) is 37.4 Å². The van der Waals surface area contributed by atoms with E-state index in [4.69, 9.17) is 9.72 Å². The van der Waals surface area contributed by atoms with Crippen molar-refractivity contribution in [2.75, 3.05) is 24.6 Å². The van der Waals surface area contributed by atoms with E-state index in [0.29, 0.717) is 24.4 Å². The molecule has 1 amide bonds. The summed E-state index contributed by atoms with van der Waals surface area (Å²) in [5.74, 6) is 1.92. The molecule has 2 aliphatic heterocycles. The van der Waals surface area contributed by atoms with Crippen molar-refractivity contribution in [3.63, 3.8) is 0 Å². The Balaban J connectivity index is 1.80. The molecule has 0 unspecified atom stereocenters. The molecule has 0 saturated carbocycles. The number of anilines is 1. The molecule has 2 aliphatic rings. The highest BCUT2D eigenvalue weighted by Gasteiger charge is 2.33. The van der Waals surface area contributed by atoms with Crippen LogP contribution < -0.4 is 4.90 Å². The summed E-state index contributed by atoms with van der Waals surface area (Å²) >= 11 is 0. The molecule has 2 saturated heterocycles. The molecule has 6 nitrogen and oxygen atoms in total. The highest BCUT2D eigenvalue weighted by molar-refractivity contribution is 5.89. The third-order valence-corrected chi connectivity index (χ3v) is 4.82. The lowest BCUT2D eigenvalue weighted by atomic mass is 9.95.